The highest BCUT2D eigenvalue weighted by Gasteiger charge is 2.36. The molecule has 3 aliphatic rings. The molecule has 3 fully saturated rings. The largest absolute Gasteiger partial charge is 0.366 e. The molecule has 0 aliphatic carbocycles. The Bertz CT molecular complexity index is 591. The van der Waals surface area contributed by atoms with Gasteiger partial charge in [0.15, 0.2) is 0 Å². The summed E-state index contributed by atoms with van der Waals surface area (Å²) in [6.07, 6.45) is 0.779. The lowest BCUT2D eigenvalue weighted by atomic mass is 10.2. The lowest BCUT2D eigenvalue weighted by Crippen LogP contribution is -2.52. The molecule has 3 heterocycles. The Morgan fingerprint density at radius 2 is 1.88 bits per heavy atom. The van der Waals surface area contributed by atoms with E-state index in [0.29, 0.717) is 19.2 Å². The van der Waals surface area contributed by atoms with Gasteiger partial charge in [0.1, 0.15) is 6.10 Å². The quantitative estimate of drug-likeness (QED) is 0.844. The SMILES string of the molecule is O=C(C1CN(Cc2ccccc2)CCO1)N1CCC(N2CCNCC2)C1. The summed E-state index contributed by atoms with van der Waals surface area (Å²) in [6, 6.07) is 11.0. The first-order valence-electron chi connectivity index (χ1n) is 9.91. The van der Waals surface area contributed by atoms with Crippen LogP contribution in [0.1, 0.15) is 12.0 Å². The van der Waals surface area contributed by atoms with Crippen molar-refractivity contribution in [3.8, 4) is 0 Å². The fraction of sp³-hybridized carbons (Fsp3) is 0.650. The third kappa shape index (κ3) is 4.26. The van der Waals surface area contributed by atoms with Crippen LogP contribution in [0.25, 0.3) is 0 Å². The number of carbonyl (C=O) groups excluding carboxylic acids is 1. The van der Waals surface area contributed by atoms with Crippen molar-refractivity contribution in [3.05, 3.63) is 35.9 Å². The van der Waals surface area contributed by atoms with Gasteiger partial charge in [0, 0.05) is 64.9 Å². The summed E-state index contributed by atoms with van der Waals surface area (Å²) in [5.74, 6) is 0.181. The minimum Gasteiger partial charge on any atom is -0.366 e. The number of amides is 1. The van der Waals surface area contributed by atoms with E-state index in [1.54, 1.807) is 0 Å². The maximum Gasteiger partial charge on any atom is 0.253 e. The smallest absolute Gasteiger partial charge is 0.253 e. The standard InChI is InChI=1S/C20H30N4O2/c25-20(24-9-6-18(15-24)23-10-7-21-8-11-23)19-16-22(12-13-26-19)14-17-4-2-1-3-5-17/h1-5,18-19,21H,6-16H2. The molecule has 142 valence electrons. The number of ether oxygens (including phenoxy) is 1. The van der Waals surface area contributed by atoms with Gasteiger partial charge in [-0.1, -0.05) is 30.3 Å². The molecule has 0 bridgehead atoms. The Hall–Kier alpha value is -1.47. The van der Waals surface area contributed by atoms with Gasteiger partial charge in [0.25, 0.3) is 5.91 Å². The number of rotatable bonds is 4. The van der Waals surface area contributed by atoms with E-state index in [0.717, 1.165) is 58.8 Å². The number of hydrogen-bond acceptors (Lipinski definition) is 5. The summed E-state index contributed by atoms with van der Waals surface area (Å²) in [6.45, 7) is 9.15. The first kappa shape index (κ1) is 17.9. The number of carbonyl (C=O) groups is 1. The molecule has 1 N–H and O–H groups in total. The van der Waals surface area contributed by atoms with E-state index in [4.69, 9.17) is 4.74 Å². The van der Waals surface area contributed by atoms with E-state index < -0.39 is 0 Å². The Kier molecular flexibility index (Phi) is 5.84. The Balaban J connectivity index is 1.30. The summed E-state index contributed by atoms with van der Waals surface area (Å²) in [5, 5.41) is 3.40. The van der Waals surface area contributed by atoms with Crippen LogP contribution in [0.15, 0.2) is 30.3 Å². The summed E-state index contributed by atoms with van der Waals surface area (Å²) in [7, 11) is 0. The van der Waals surface area contributed by atoms with E-state index in [9.17, 15) is 4.79 Å². The molecule has 2 unspecified atom stereocenters. The molecule has 6 heteroatoms. The summed E-state index contributed by atoms with van der Waals surface area (Å²) >= 11 is 0. The van der Waals surface area contributed by atoms with Crippen LogP contribution in [-0.4, -0.2) is 91.7 Å². The van der Waals surface area contributed by atoms with Gasteiger partial charge in [-0.05, 0) is 12.0 Å². The van der Waals surface area contributed by atoms with Crippen molar-refractivity contribution in [2.24, 2.45) is 0 Å². The van der Waals surface area contributed by atoms with Gasteiger partial charge < -0.3 is 15.0 Å². The molecule has 3 aliphatic heterocycles. The maximum atomic E-state index is 13.0. The van der Waals surface area contributed by atoms with Crippen molar-refractivity contribution >= 4 is 5.91 Å². The number of nitrogens with zero attached hydrogens (tertiary/aromatic N) is 3. The van der Waals surface area contributed by atoms with Gasteiger partial charge >= 0.3 is 0 Å². The van der Waals surface area contributed by atoms with Crippen LogP contribution in [0.2, 0.25) is 0 Å². The van der Waals surface area contributed by atoms with Crippen LogP contribution in [0.3, 0.4) is 0 Å². The molecular formula is C20H30N4O2. The summed E-state index contributed by atoms with van der Waals surface area (Å²) < 4.78 is 5.84. The molecule has 1 amide bonds. The predicted molar refractivity (Wildman–Crippen MR) is 101 cm³/mol. The van der Waals surface area contributed by atoms with Crippen LogP contribution in [-0.2, 0) is 16.1 Å². The van der Waals surface area contributed by atoms with Gasteiger partial charge in [-0.15, -0.1) is 0 Å². The second-order valence-electron chi connectivity index (χ2n) is 7.59. The molecule has 0 spiro atoms. The monoisotopic (exact) mass is 358 g/mol. The van der Waals surface area contributed by atoms with Gasteiger partial charge in [-0.3, -0.25) is 14.6 Å². The van der Waals surface area contributed by atoms with Crippen molar-refractivity contribution < 1.29 is 9.53 Å². The third-order valence-corrected chi connectivity index (χ3v) is 5.82. The Morgan fingerprint density at radius 1 is 1.08 bits per heavy atom. The van der Waals surface area contributed by atoms with Crippen molar-refractivity contribution in [2.45, 2.75) is 25.1 Å². The van der Waals surface area contributed by atoms with E-state index in [1.165, 1.54) is 5.56 Å². The number of nitrogens with one attached hydrogen (secondary N) is 1. The van der Waals surface area contributed by atoms with E-state index in [-0.39, 0.29) is 12.0 Å². The highest BCUT2D eigenvalue weighted by atomic mass is 16.5. The Morgan fingerprint density at radius 3 is 2.69 bits per heavy atom. The zero-order valence-corrected chi connectivity index (χ0v) is 15.5. The Labute approximate surface area is 156 Å². The van der Waals surface area contributed by atoms with Crippen molar-refractivity contribution in [1.82, 2.24) is 20.0 Å². The molecular weight excluding hydrogens is 328 g/mol. The zero-order valence-electron chi connectivity index (χ0n) is 15.5. The molecule has 1 aromatic rings. The number of benzene rings is 1. The lowest BCUT2D eigenvalue weighted by molar-refractivity contribution is -0.148. The fourth-order valence-electron chi connectivity index (χ4n) is 4.33. The summed E-state index contributed by atoms with van der Waals surface area (Å²) in [4.78, 5) is 19.9. The molecule has 0 aromatic heterocycles. The second-order valence-corrected chi connectivity index (χ2v) is 7.59. The molecule has 2 atom stereocenters. The zero-order chi connectivity index (χ0) is 17.8. The normalized spacial score (nSPS) is 28.4. The lowest BCUT2D eigenvalue weighted by Gasteiger charge is -2.35. The fourth-order valence-corrected chi connectivity index (χ4v) is 4.33. The molecule has 0 saturated carbocycles. The maximum absolute atomic E-state index is 13.0. The molecule has 4 rings (SSSR count). The van der Waals surface area contributed by atoms with Crippen LogP contribution in [0, 0.1) is 0 Å². The van der Waals surface area contributed by atoms with Crippen LogP contribution in [0.4, 0.5) is 0 Å². The van der Waals surface area contributed by atoms with Gasteiger partial charge in [0.05, 0.1) is 6.61 Å². The average Bonchev–Trinajstić information content (AvgIpc) is 3.19. The van der Waals surface area contributed by atoms with Crippen molar-refractivity contribution in [1.29, 1.82) is 0 Å². The third-order valence-electron chi connectivity index (χ3n) is 5.82. The molecule has 26 heavy (non-hydrogen) atoms. The first-order valence-corrected chi connectivity index (χ1v) is 9.91. The number of likely N-dealkylation sites (tertiary alicyclic amines) is 1. The second kappa shape index (κ2) is 8.48. The van der Waals surface area contributed by atoms with Gasteiger partial charge in [-0.2, -0.15) is 0 Å². The highest BCUT2D eigenvalue weighted by molar-refractivity contribution is 5.81. The first-order chi connectivity index (χ1) is 12.8. The van der Waals surface area contributed by atoms with E-state index in [2.05, 4.69) is 39.4 Å². The molecule has 1 aromatic carbocycles. The topological polar surface area (TPSA) is 48.1 Å². The number of piperazine rings is 1. The van der Waals surface area contributed by atoms with Crippen molar-refractivity contribution in [3.63, 3.8) is 0 Å². The van der Waals surface area contributed by atoms with Gasteiger partial charge in [-0.25, -0.2) is 0 Å². The molecule has 3 saturated heterocycles. The van der Waals surface area contributed by atoms with Crippen LogP contribution >= 0.6 is 0 Å². The van der Waals surface area contributed by atoms with Crippen LogP contribution < -0.4 is 5.32 Å². The molecule has 6 nitrogen and oxygen atoms in total. The minimum atomic E-state index is -0.311. The van der Waals surface area contributed by atoms with E-state index in [1.807, 2.05) is 11.0 Å². The molecule has 0 radical (unpaired) electrons. The van der Waals surface area contributed by atoms with Crippen LogP contribution in [0.5, 0.6) is 0 Å². The average molecular weight is 358 g/mol. The summed E-state index contributed by atoms with van der Waals surface area (Å²) in [5.41, 5.74) is 1.29. The number of hydrogen-bond donors (Lipinski definition) is 1. The van der Waals surface area contributed by atoms with Crippen molar-refractivity contribution in [2.75, 3.05) is 59.0 Å². The minimum absolute atomic E-state index is 0.181. The van der Waals surface area contributed by atoms with Gasteiger partial charge in [0.2, 0.25) is 0 Å². The predicted octanol–water partition coefficient (Wildman–Crippen LogP) is 0.394. The number of morpholine rings is 1. The van der Waals surface area contributed by atoms with E-state index >= 15 is 0 Å². The highest BCUT2D eigenvalue weighted by Crippen LogP contribution is 2.19.